The summed E-state index contributed by atoms with van der Waals surface area (Å²) < 4.78 is 30.3. The molecule has 0 radical (unpaired) electrons. The number of hydrogen-bond donors (Lipinski definition) is 4. The molecule has 4 N–H and O–H groups in total. The van der Waals surface area contributed by atoms with Crippen LogP contribution in [0.4, 0.5) is 25.2 Å². The number of carboxylic acid groups (broad SMARTS) is 1. The third-order valence-corrected chi connectivity index (χ3v) is 5.86. The molecule has 1 aliphatic heterocycles. The summed E-state index contributed by atoms with van der Waals surface area (Å²) in [6.07, 6.45) is -1.33. The molecule has 2 heterocycles. The summed E-state index contributed by atoms with van der Waals surface area (Å²) in [4.78, 5) is 31.9. The highest BCUT2D eigenvalue weighted by molar-refractivity contribution is 9.10. The van der Waals surface area contributed by atoms with E-state index >= 15 is 4.39 Å². The molecule has 1 aromatic heterocycles. The molecule has 34 heavy (non-hydrogen) atoms. The second-order valence-electron chi connectivity index (χ2n) is 7.32. The Balaban J connectivity index is 0.00000274. The van der Waals surface area contributed by atoms with E-state index in [0.29, 0.717) is 15.5 Å². The molecular formula is C22H14BrClF2N4O4. The molecule has 0 fully saturated rings. The molecule has 0 aliphatic carbocycles. The van der Waals surface area contributed by atoms with Gasteiger partial charge in [-0.05, 0) is 42.5 Å². The fourth-order valence-electron chi connectivity index (χ4n) is 4.05. The van der Waals surface area contributed by atoms with Crippen LogP contribution in [0.1, 0.15) is 21.5 Å². The Labute approximate surface area is 204 Å². The van der Waals surface area contributed by atoms with Gasteiger partial charge in [0.2, 0.25) is 11.7 Å². The van der Waals surface area contributed by atoms with Gasteiger partial charge in [0, 0.05) is 15.7 Å². The number of anilines is 2. The monoisotopic (exact) mass is 550 g/mol. The van der Waals surface area contributed by atoms with Gasteiger partial charge in [-0.2, -0.15) is 0 Å². The number of aromatic amines is 1. The van der Waals surface area contributed by atoms with Gasteiger partial charge in [0.25, 0.3) is 5.91 Å². The van der Waals surface area contributed by atoms with Crippen molar-refractivity contribution in [2.75, 3.05) is 10.2 Å². The van der Waals surface area contributed by atoms with Gasteiger partial charge in [-0.25, -0.2) is 18.6 Å². The number of benzene rings is 3. The Bertz CT molecular complexity index is 1480. The number of halogens is 4. The number of aromatic nitrogens is 2. The molecule has 4 aromatic rings. The number of carbonyl (C=O) groups excluding carboxylic acids is 1. The molecule has 1 unspecified atom stereocenters. The maximum Gasteiger partial charge on any atom is 0.411 e. The standard InChI is InChI=1S/C22H13BrF2N4O4.ClH/c23-11-2-1-3-12(9-11)29-19(30)17-13(24)5-6-14(25)18(17)22(29,33)10-4-7-15-16(8-10)27-20(26-15)28-21(31)32;/h1-9,33H,(H,31,32)(H2,26,27,28);1H. The summed E-state index contributed by atoms with van der Waals surface area (Å²) in [6.45, 7) is 0. The lowest BCUT2D eigenvalue weighted by Crippen LogP contribution is -2.45. The molecule has 8 nitrogen and oxygen atoms in total. The van der Waals surface area contributed by atoms with E-state index in [9.17, 15) is 19.1 Å². The number of hydrogen-bond acceptors (Lipinski definition) is 4. The van der Waals surface area contributed by atoms with Gasteiger partial charge in [0.15, 0.2) is 0 Å². The minimum absolute atomic E-state index is 0. The van der Waals surface area contributed by atoms with Gasteiger partial charge in [-0.15, -0.1) is 12.4 Å². The summed E-state index contributed by atoms with van der Waals surface area (Å²) in [7, 11) is 0. The molecule has 2 amide bonds. The van der Waals surface area contributed by atoms with E-state index in [2.05, 4.69) is 31.2 Å². The SMILES string of the molecule is Cl.O=C(O)Nc1nc2ccc(C3(O)c4c(F)ccc(F)c4C(=O)N3c3cccc(Br)c3)cc2[nH]1. The number of fused-ring (bicyclic) bond motifs is 2. The summed E-state index contributed by atoms with van der Waals surface area (Å²) in [5.41, 5.74) is -2.60. The topological polar surface area (TPSA) is 119 Å². The van der Waals surface area contributed by atoms with Crippen LogP contribution in [0.3, 0.4) is 0 Å². The van der Waals surface area contributed by atoms with Crippen LogP contribution in [0.15, 0.2) is 59.1 Å². The van der Waals surface area contributed by atoms with E-state index in [1.165, 1.54) is 30.3 Å². The third kappa shape index (κ3) is 3.49. The number of imidazole rings is 1. The normalized spacial score (nSPS) is 16.9. The average molecular weight is 552 g/mol. The van der Waals surface area contributed by atoms with Gasteiger partial charge in [-0.3, -0.25) is 15.0 Å². The van der Waals surface area contributed by atoms with Crippen LogP contribution in [0.2, 0.25) is 0 Å². The van der Waals surface area contributed by atoms with Gasteiger partial charge < -0.3 is 15.2 Å². The van der Waals surface area contributed by atoms with Crippen LogP contribution in [0, 0.1) is 11.6 Å². The summed E-state index contributed by atoms with van der Waals surface area (Å²) in [5.74, 6) is -2.91. The van der Waals surface area contributed by atoms with Gasteiger partial charge >= 0.3 is 6.09 Å². The zero-order chi connectivity index (χ0) is 23.5. The Morgan fingerprint density at radius 3 is 2.56 bits per heavy atom. The lowest BCUT2D eigenvalue weighted by Gasteiger charge is -2.35. The Kier molecular flexibility index (Phi) is 5.80. The van der Waals surface area contributed by atoms with Crippen LogP contribution in [-0.2, 0) is 5.72 Å². The second-order valence-corrected chi connectivity index (χ2v) is 8.24. The van der Waals surface area contributed by atoms with Crippen molar-refractivity contribution in [2.24, 2.45) is 0 Å². The fourth-order valence-corrected chi connectivity index (χ4v) is 4.44. The zero-order valence-corrected chi connectivity index (χ0v) is 19.2. The summed E-state index contributed by atoms with van der Waals surface area (Å²) >= 11 is 3.31. The van der Waals surface area contributed by atoms with Crippen LogP contribution in [0.5, 0.6) is 0 Å². The Hall–Kier alpha value is -3.54. The smallest absolute Gasteiger partial charge is 0.411 e. The van der Waals surface area contributed by atoms with Crippen molar-refractivity contribution in [1.29, 1.82) is 0 Å². The van der Waals surface area contributed by atoms with Gasteiger partial charge in [0.1, 0.15) is 11.6 Å². The maximum absolute atomic E-state index is 15.0. The van der Waals surface area contributed by atoms with Crippen molar-refractivity contribution in [3.63, 3.8) is 0 Å². The van der Waals surface area contributed by atoms with E-state index < -0.39 is 40.5 Å². The van der Waals surface area contributed by atoms with Crippen LogP contribution in [0.25, 0.3) is 11.0 Å². The number of carbonyl (C=O) groups is 2. The predicted molar refractivity (Wildman–Crippen MR) is 125 cm³/mol. The first-order chi connectivity index (χ1) is 15.7. The number of H-pyrrole nitrogens is 1. The molecule has 0 bridgehead atoms. The van der Waals surface area contributed by atoms with Gasteiger partial charge in [-0.1, -0.05) is 28.1 Å². The first-order valence-electron chi connectivity index (χ1n) is 9.51. The van der Waals surface area contributed by atoms with Crippen molar-refractivity contribution < 1.29 is 28.6 Å². The Morgan fingerprint density at radius 2 is 1.85 bits per heavy atom. The molecule has 1 atom stereocenters. The van der Waals surface area contributed by atoms with E-state index in [-0.39, 0.29) is 29.6 Å². The molecular weight excluding hydrogens is 538 g/mol. The summed E-state index contributed by atoms with van der Waals surface area (Å²) in [6, 6.07) is 12.3. The van der Waals surface area contributed by atoms with Crippen molar-refractivity contribution >= 4 is 63.0 Å². The lowest BCUT2D eigenvalue weighted by molar-refractivity contribution is 0.0686. The fraction of sp³-hybridized carbons (Fsp3) is 0.0455. The quantitative estimate of drug-likeness (QED) is 0.287. The molecule has 174 valence electrons. The number of amides is 2. The van der Waals surface area contributed by atoms with Crippen molar-refractivity contribution in [1.82, 2.24) is 9.97 Å². The molecule has 0 saturated heterocycles. The van der Waals surface area contributed by atoms with E-state index in [1.807, 2.05) is 0 Å². The first kappa shape index (κ1) is 23.6. The van der Waals surface area contributed by atoms with Crippen molar-refractivity contribution in [2.45, 2.75) is 5.72 Å². The van der Waals surface area contributed by atoms with Crippen molar-refractivity contribution in [3.8, 4) is 0 Å². The predicted octanol–water partition coefficient (Wildman–Crippen LogP) is 4.97. The Morgan fingerprint density at radius 1 is 1.12 bits per heavy atom. The van der Waals surface area contributed by atoms with Crippen LogP contribution >= 0.6 is 28.3 Å². The van der Waals surface area contributed by atoms with E-state index in [4.69, 9.17) is 5.11 Å². The molecule has 1 aliphatic rings. The highest BCUT2D eigenvalue weighted by atomic mass is 79.9. The van der Waals surface area contributed by atoms with Crippen LogP contribution < -0.4 is 10.2 Å². The molecule has 3 aromatic carbocycles. The highest BCUT2D eigenvalue weighted by Gasteiger charge is 2.54. The number of nitrogens with one attached hydrogen (secondary N) is 2. The van der Waals surface area contributed by atoms with E-state index in [1.54, 1.807) is 12.1 Å². The summed E-state index contributed by atoms with van der Waals surface area (Å²) in [5, 5.41) is 22.9. The molecule has 5 rings (SSSR count). The third-order valence-electron chi connectivity index (χ3n) is 5.37. The highest BCUT2D eigenvalue weighted by Crippen LogP contribution is 2.47. The zero-order valence-electron chi connectivity index (χ0n) is 16.8. The molecule has 0 saturated carbocycles. The number of nitrogens with zero attached hydrogens (tertiary/aromatic N) is 2. The average Bonchev–Trinajstić information content (AvgIpc) is 3.26. The first-order valence-corrected chi connectivity index (χ1v) is 10.3. The molecule has 12 heteroatoms. The molecule has 0 spiro atoms. The van der Waals surface area contributed by atoms with E-state index in [0.717, 1.165) is 17.0 Å². The van der Waals surface area contributed by atoms with Crippen molar-refractivity contribution in [3.05, 3.63) is 87.4 Å². The second kappa shape index (κ2) is 8.35. The largest absolute Gasteiger partial charge is 0.465 e. The minimum Gasteiger partial charge on any atom is -0.465 e. The minimum atomic E-state index is -2.40. The maximum atomic E-state index is 15.0. The van der Waals surface area contributed by atoms with Crippen LogP contribution in [-0.4, -0.2) is 32.2 Å². The van der Waals surface area contributed by atoms with Gasteiger partial charge in [0.05, 0.1) is 22.2 Å². The number of aliphatic hydroxyl groups is 1. The lowest BCUT2D eigenvalue weighted by atomic mass is 9.92. The number of rotatable bonds is 3.